The van der Waals surface area contributed by atoms with Gasteiger partial charge >= 0.3 is 6.03 Å². The van der Waals surface area contributed by atoms with Crippen molar-refractivity contribution in [2.45, 2.75) is 18.8 Å². The number of methoxy groups -OCH3 is 1. The van der Waals surface area contributed by atoms with Crippen molar-refractivity contribution in [1.82, 2.24) is 20.3 Å². The molecule has 26 heavy (non-hydrogen) atoms. The molecule has 0 saturated heterocycles. The first kappa shape index (κ1) is 19.7. The molecule has 2 rings (SSSR count). The number of aromatic nitrogens is 1. The molecule has 0 saturated carbocycles. The number of sulfonamides is 1. The largest absolute Gasteiger partial charge is 0.481 e. The van der Waals surface area contributed by atoms with E-state index in [0.717, 1.165) is 11.1 Å². The molecule has 0 bridgehead atoms. The van der Waals surface area contributed by atoms with Crippen LogP contribution in [0.15, 0.2) is 42.6 Å². The maximum Gasteiger partial charge on any atom is 0.315 e. The van der Waals surface area contributed by atoms with Crippen LogP contribution in [0.1, 0.15) is 16.7 Å². The minimum atomic E-state index is -3.33. The van der Waals surface area contributed by atoms with Crippen LogP contribution < -0.4 is 20.1 Å². The Balaban J connectivity index is 1.83. The topological polar surface area (TPSA) is 109 Å². The highest BCUT2D eigenvalue weighted by Gasteiger charge is 2.09. The summed E-state index contributed by atoms with van der Waals surface area (Å²) in [6.07, 6.45) is 1.63. The molecular weight excluding hydrogens is 356 g/mol. The summed E-state index contributed by atoms with van der Waals surface area (Å²) in [6, 6.07) is 10.3. The highest BCUT2D eigenvalue weighted by atomic mass is 32.2. The maximum absolute atomic E-state index is 11.9. The van der Waals surface area contributed by atoms with Gasteiger partial charge in [0.25, 0.3) is 0 Å². The number of hydrogen-bond donors (Lipinski definition) is 3. The van der Waals surface area contributed by atoms with Gasteiger partial charge in [0.1, 0.15) is 0 Å². The van der Waals surface area contributed by atoms with Crippen LogP contribution in [0.3, 0.4) is 0 Å². The van der Waals surface area contributed by atoms with Crippen molar-refractivity contribution in [3.63, 3.8) is 0 Å². The van der Waals surface area contributed by atoms with Crippen LogP contribution >= 0.6 is 0 Å². The summed E-state index contributed by atoms with van der Waals surface area (Å²) < 4.78 is 30.5. The van der Waals surface area contributed by atoms with E-state index < -0.39 is 10.0 Å². The lowest BCUT2D eigenvalue weighted by atomic mass is 10.1. The zero-order chi connectivity index (χ0) is 19.0. The fraction of sp³-hybridized carbons (Fsp3) is 0.294. The highest BCUT2D eigenvalue weighted by molar-refractivity contribution is 7.88. The smallest absolute Gasteiger partial charge is 0.315 e. The molecule has 1 aromatic heterocycles. The molecule has 0 spiro atoms. The summed E-state index contributed by atoms with van der Waals surface area (Å²) in [5, 5.41) is 5.47. The number of amides is 2. The predicted molar refractivity (Wildman–Crippen MR) is 98.0 cm³/mol. The monoisotopic (exact) mass is 378 g/mol. The molecule has 0 atom stereocenters. The second-order valence-corrected chi connectivity index (χ2v) is 7.45. The summed E-state index contributed by atoms with van der Waals surface area (Å²) in [5.41, 5.74) is 2.32. The zero-order valence-corrected chi connectivity index (χ0v) is 15.5. The third-order valence-electron chi connectivity index (χ3n) is 3.57. The van der Waals surface area contributed by atoms with Gasteiger partial charge in [-0.2, -0.15) is 0 Å². The normalized spacial score (nSPS) is 11.0. The Hall–Kier alpha value is -2.65. The summed E-state index contributed by atoms with van der Waals surface area (Å²) in [6.45, 7) is 0.628. The number of hydrogen-bond acceptors (Lipinski definition) is 5. The number of ether oxygens (including phenoxy) is 1. The quantitative estimate of drug-likeness (QED) is 0.638. The molecule has 0 aliphatic carbocycles. The van der Waals surface area contributed by atoms with Crippen molar-refractivity contribution in [3.8, 4) is 5.88 Å². The summed E-state index contributed by atoms with van der Waals surface area (Å²) in [7, 11) is -0.412. The van der Waals surface area contributed by atoms with E-state index >= 15 is 0 Å². The molecule has 1 heterocycles. The molecule has 2 amide bonds. The third kappa shape index (κ3) is 6.34. The van der Waals surface area contributed by atoms with E-state index in [1.807, 2.05) is 12.1 Å². The average molecular weight is 378 g/mol. The number of nitrogens with one attached hydrogen (secondary N) is 3. The Morgan fingerprint density at radius 3 is 2.38 bits per heavy atom. The van der Waals surface area contributed by atoms with E-state index in [1.54, 1.807) is 30.5 Å². The van der Waals surface area contributed by atoms with Crippen LogP contribution in [-0.2, 0) is 28.9 Å². The van der Waals surface area contributed by atoms with Gasteiger partial charge in [-0.15, -0.1) is 0 Å². The van der Waals surface area contributed by atoms with Crippen LogP contribution in [0.2, 0.25) is 0 Å². The van der Waals surface area contributed by atoms with Gasteiger partial charge in [0.2, 0.25) is 15.9 Å². The summed E-state index contributed by atoms with van der Waals surface area (Å²) in [4.78, 5) is 16.0. The standard InChI is InChI=1S/C17H22N4O4S/c1-18-26(23,24)12-14-5-3-4-13(8-14)9-20-17(22)21-11-15-6-7-16(25-2)19-10-15/h3-8,10,18H,9,11-12H2,1-2H3,(H2,20,21,22). The highest BCUT2D eigenvalue weighted by Crippen LogP contribution is 2.09. The molecule has 8 nitrogen and oxygen atoms in total. The van der Waals surface area contributed by atoms with Crippen molar-refractivity contribution in [2.75, 3.05) is 14.2 Å². The molecule has 0 aliphatic heterocycles. The fourth-order valence-corrected chi connectivity index (χ4v) is 2.95. The lowest BCUT2D eigenvalue weighted by Gasteiger charge is -2.09. The van der Waals surface area contributed by atoms with Crippen LogP contribution in [0.4, 0.5) is 4.79 Å². The second kappa shape index (κ2) is 9.16. The van der Waals surface area contributed by atoms with E-state index in [1.165, 1.54) is 14.2 Å². The van der Waals surface area contributed by atoms with Crippen LogP contribution in [0.5, 0.6) is 5.88 Å². The molecule has 0 unspecified atom stereocenters. The molecule has 2 aromatic rings. The minimum absolute atomic E-state index is 0.103. The summed E-state index contributed by atoms with van der Waals surface area (Å²) >= 11 is 0. The molecular formula is C17H22N4O4S. The average Bonchev–Trinajstić information content (AvgIpc) is 2.65. The van der Waals surface area contributed by atoms with Gasteiger partial charge < -0.3 is 15.4 Å². The fourth-order valence-electron chi connectivity index (χ4n) is 2.18. The van der Waals surface area contributed by atoms with Gasteiger partial charge in [-0.3, -0.25) is 0 Å². The Bertz CT molecular complexity index is 838. The van der Waals surface area contributed by atoms with Gasteiger partial charge in [-0.1, -0.05) is 30.3 Å². The Morgan fingerprint density at radius 2 is 1.77 bits per heavy atom. The number of benzene rings is 1. The van der Waals surface area contributed by atoms with Crippen molar-refractivity contribution in [1.29, 1.82) is 0 Å². The van der Waals surface area contributed by atoms with Gasteiger partial charge in [0.15, 0.2) is 0 Å². The predicted octanol–water partition coefficient (Wildman–Crippen LogP) is 1.14. The first-order valence-corrected chi connectivity index (χ1v) is 9.57. The Labute approximate surface area is 153 Å². The van der Waals surface area contributed by atoms with E-state index in [9.17, 15) is 13.2 Å². The summed E-state index contributed by atoms with van der Waals surface area (Å²) in [5.74, 6) is 0.409. The SMILES string of the molecule is CNS(=O)(=O)Cc1cccc(CNC(=O)NCc2ccc(OC)nc2)c1. The number of carbonyl (C=O) groups excluding carboxylic acids is 1. The van der Waals surface area contributed by atoms with Gasteiger partial charge in [-0.05, 0) is 23.7 Å². The number of nitrogens with zero attached hydrogens (tertiary/aromatic N) is 1. The van der Waals surface area contributed by atoms with Gasteiger partial charge in [0.05, 0.1) is 12.9 Å². The molecule has 3 N–H and O–H groups in total. The van der Waals surface area contributed by atoms with Crippen molar-refractivity contribution < 1.29 is 17.9 Å². The molecule has 0 fully saturated rings. The van der Waals surface area contributed by atoms with Crippen LogP contribution in [0, 0.1) is 0 Å². The van der Waals surface area contributed by atoms with Gasteiger partial charge in [0, 0.05) is 25.4 Å². The maximum atomic E-state index is 11.9. The molecule has 9 heteroatoms. The lowest BCUT2D eigenvalue weighted by Crippen LogP contribution is -2.34. The lowest BCUT2D eigenvalue weighted by molar-refractivity contribution is 0.240. The zero-order valence-electron chi connectivity index (χ0n) is 14.7. The third-order valence-corrected chi connectivity index (χ3v) is 4.91. The van der Waals surface area contributed by atoms with Crippen LogP contribution in [-0.4, -0.2) is 33.6 Å². The van der Waals surface area contributed by atoms with Crippen LogP contribution in [0.25, 0.3) is 0 Å². The molecule has 0 radical (unpaired) electrons. The molecule has 140 valence electrons. The number of urea groups is 1. The molecule has 0 aliphatic rings. The van der Waals surface area contributed by atoms with Gasteiger partial charge in [-0.25, -0.2) is 22.9 Å². The Morgan fingerprint density at radius 1 is 1.08 bits per heavy atom. The minimum Gasteiger partial charge on any atom is -0.481 e. The first-order chi connectivity index (χ1) is 12.4. The Kier molecular flexibility index (Phi) is 6.93. The first-order valence-electron chi connectivity index (χ1n) is 7.91. The molecule has 1 aromatic carbocycles. The van der Waals surface area contributed by atoms with E-state index in [0.29, 0.717) is 24.5 Å². The number of pyridine rings is 1. The van der Waals surface area contributed by atoms with E-state index in [4.69, 9.17) is 4.74 Å². The van der Waals surface area contributed by atoms with E-state index in [-0.39, 0.29) is 11.8 Å². The number of carbonyl (C=O) groups is 1. The second-order valence-electron chi connectivity index (χ2n) is 5.53. The van der Waals surface area contributed by atoms with Crippen molar-refractivity contribution >= 4 is 16.1 Å². The number of rotatable bonds is 8. The van der Waals surface area contributed by atoms with Crippen molar-refractivity contribution in [3.05, 3.63) is 59.3 Å². The van der Waals surface area contributed by atoms with E-state index in [2.05, 4.69) is 20.3 Å². The van der Waals surface area contributed by atoms with Crippen molar-refractivity contribution in [2.24, 2.45) is 0 Å².